The zero-order valence-electron chi connectivity index (χ0n) is 16.1. The predicted molar refractivity (Wildman–Crippen MR) is 103 cm³/mol. The molecule has 1 unspecified atom stereocenters. The van der Waals surface area contributed by atoms with E-state index in [1.807, 2.05) is 17.0 Å². The Hall–Kier alpha value is -1.92. The summed E-state index contributed by atoms with van der Waals surface area (Å²) in [6.45, 7) is 3.88. The molecule has 1 aromatic rings. The highest BCUT2D eigenvalue weighted by molar-refractivity contribution is 5.95. The van der Waals surface area contributed by atoms with Gasteiger partial charge in [0.1, 0.15) is 0 Å². The van der Waals surface area contributed by atoms with Crippen LogP contribution in [0, 0.1) is 5.41 Å². The molecule has 3 aliphatic rings. The van der Waals surface area contributed by atoms with Crippen molar-refractivity contribution in [2.24, 2.45) is 5.41 Å². The quantitative estimate of drug-likeness (QED) is 0.877. The number of likely N-dealkylation sites (N-methyl/N-ethyl adjacent to an activating group) is 1. The lowest BCUT2D eigenvalue weighted by Gasteiger charge is -2.47. The number of anilines is 1. The van der Waals surface area contributed by atoms with Crippen molar-refractivity contribution in [3.05, 3.63) is 29.8 Å². The van der Waals surface area contributed by atoms with Gasteiger partial charge in [-0.3, -0.25) is 14.5 Å². The van der Waals surface area contributed by atoms with Crippen molar-refractivity contribution in [1.82, 2.24) is 9.80 Å². The minimum absolute atomic E-state index is 0.201. The van der Waals surface area contributed by atoms with Crippen LogP contribution in [0.5, 0.6) is 0 Å². The number of amides is 2. The van der Waals surface area contributed by atoms with E-state index >= 15 is 0 Å². The summed E-state index contributed by atoms with van der Waals surface area (Å²) in [4.78, 5) is 30.5. The first-order valence-corrected chi connectivity index (χ1v) is 10.0. The third-order valence-electron chi connectivity index (χ3n) is 6.45. The molecule has 1 aromatic carbocycles. The number of β-amino-alcohol motifs (C(OH)–C–C–N with tert-alkyl or cyclic N) is 1. The van der Waals surface area contributed by atoms with Gasteiger partial charge in [-0.2, -0.15) is 0 Å². The summed E-state index contributed by atoms with van der Waals surface area (Å²) in [5.41, 5.74) is 1.85. The molecule has 4 rings (SSSR count). The number of nitrogens with zero attached hydrogens (tertiary/aromatic N) is 3. The number of likely N-dealkylation sites (tertiary alicyclic amines) is 2. The topological polar surface area (TPSA) is 64.1 Å². The fourth-order valence-corrected chi connectivity index (χ4v) is 4.92. The van der Waals surface area contributed by atoms with Crippen LogP contribution in [0.25, 0.3) is 0 Å². The van der Waals surface area contributed by atoms with E-state index in [0.717, 1.165) is 51.1 Å². The summed E-state index contributed by atoms with van der Waals surface area (Å²) in [5.74, 6) is 0.417. The van der Waals surface area contributed by atoms with Crippen LogP contribution >= 0.6 is 0 Å². The van der Waals surface area contributed by atoms with Gasteiger partial charge in [-0.25, -0.2) is 0 Å². The Labute approximate surface area is 160 Å². The first-order valence-electron chi connectivity index (χ1n) is 10.0. The van der Waals surface area contributed by atoms with Gasteiger partial charge in [0.2, 0.25) is 11.8 Å². The van der Waals surface area contributed by atoms with Crippen molar-refractivity contribution in [1.29, 1.82) is 0 Å². The lowest BCUT2D eigenvalue weighted by molar-refractivity contribution is -0.154. The average molecular weight is 371 g/mol. The third kappa shape index (κ3) is 3.60. The zero-order chi connectivity index (χ0) is 19.0. The molecular weight excluding hydrogens is 342 g/mol. The van der Waals surface area contributed by atoms with Gasteiger partial charge in [-0.05, 0) is 56.5 Å². The van der Waals surface area contributed by atoms with Crippen LogP contribution < -0.4 is 4.90 Å². The second-order valence-electron chi connectivity index (χ2n) is 8.42. The molecule has 3 fully saturated rings. The van der Waals surface area contributed by atoms with Crippen LogP contribution in [-0.2, 0) is 16.1 Å². The maximum absolute atomic E-state index is 12.7. The molecule has 0 radical (unpaired) electrons. The van der Waals surface area contributed by atoms with Crippen molar-refractivity contribution in [3.63, 3.8) is 0 Å². The first kappa shape index (κ1) is 18.4. The average Bonchev–Trinajstić information content (AvgIpc) is 3.08. The first-order chi connectivity index (χ1) is 13.0. The van der Waals surface area contributed by atoms with Crippen LogP contribution in [-0.4, -0.2) is 66.1 Å². The van der Waals surface area contributed by atoms with Crippen molar-refractivity contribution in [3.8, 4) is 0 Å². The summed E-state index contributed by atoms with van der Waals surface area (Å²) in [6.07, 6.45) is 3.42. The molecule has 6 heteroatoms. The van der Waals surface area contributed by atoms with Crippen LogP contribution in [0.4, 0.5) is 5.69 Å². The predicted octanol–water partition coefficient (Wildman–Crippen LogP) is 1.62. The normalized spacial score (nSPS) is 26.2. The summed E-state index contributed by atoms with van der Waals surface area (Å²) in [6, 6.07) is 8.29. The molecule has 2 amide bonds. The molecule has 0 saturated carbocycles. The maximum Gasteiger partial charge on any atom is 0.228 e. The van der Waals surface area contributed by atoms with Gasteiger partial charge in [0.25, 0.3) is 0 Å². The van der Waals surface area contributed by atoms with E-state index in [4.69, 9.17) is 0 Å². The van der Waals surface area contributed by atoms with Crippen LogP contribution in [0.2, 0.25) is 0 Å². The van der Waals surface area contributed by atoms with E-state index in [1.54, 1.807) is 11.9 Å². The molecule has 0 bridgehead atoms. The fraction of sp³-hybridized carbons (Fsp3) is 0.619. The number of aliphatic hydroxyl groups is 1. The highest BCUT2D eigenvalue weighted by Crippen LogP contribution is 2.40. The molecule has 3 heterocycles. The van der Waals surface area contributed by atoms with E-state index in [9.17, 15) is 14.7 Å². The Morgan fingerprint density at radius 1 is 1.11 bits per heavy atom. The van der Waals surface area contributed by atoms with Gasteiger partial charge in [-0.1, -0.05) is 12.1 Å². The van der Waals surface area contributed by atoms with E-state index < -0.39 is 6.10 Å². The fourth-order valence-electron chi connectivity index (χ4n) is 4.92. The van der Waals surface area contributed by atoms with E-state index in [-0.39, 0.29) is 17.2 Å². The number of hydrogen-bond donors (Lipinski definition) is 1. The summed E-state index contributed by atoms with van der Waals surface area (Å²) in [7, 11) is 1.80. The Bertz CT molecular complexity index is 710. The Kier molecular flexibility index (Phi) is 4.95. The minimum atomic E-state index is -0.403. The number of hydrogen-bond acceptors (Lipinski definition) is 4. The molecule has 146 valence electrons. The molecule has 1 spiro atoms. The second-order valence-corrected chi connectivity index (χ2v) is 8.42. The van der Waals surface area contributed by atoms with E-state index in [0.29, 0.717) is 19.4 Å². The molecular formula is C21H29N3O3. The SMILES string of the molecule is CN1CC(O)CC2(CCN(Cc3ccc(N4CCCC4=O)cc3)CC2)C1=O. The largest absolute Gasteiger partial charge is 0.391 e. The van der Waals surface area contributed by atoms with Gasteiger partial charge >= 0.3 is 0 Å². The van der Waals surface area contributed by atoms with Gasteiger partial charge < -0.3 is 14.9 Å². The van der Waals surface area contributed by atoms with Crippen molar-refractivity contribution < 1.29 is 14.7 Å². The van der Waals surface area contributed by atoms with Crippen molar-refractivity contribution in [2.75, 3.05) is 38.1 Å². The van der Waals surface area contributed by atoms with Crippen LogP contribution in [0.3, 0.4) is 0 Å². The third-order valence-corrected chi connectivity index (χ3v) is 6.45. The van der Waals surface area contributed by atoms with Crippen molar-refractivity contribution in [2.45, 2.75) is 44.8 Å². The van der Waals surface area contributed by atoms with Gasteiger partial charge in [0.05, 0.1) is 11.5 Å². The molecule has 1 atom stereocenters. The zero-order valence-corrected chi connectivity index (χ0v) is 16.1. The summed E-state index contributed by atoms with van der Waals surface area (Å²) < 4.78 is 0. The number of piperidine rings is 2. The van der Waals surface area contributed by atoms with Crippen LogP contribution in [0.1, 0.15) is 37.7 Å². The summed E-state index contributed by atoms with van der Waals surface area (Å²) in [5, 5.41) is 10.1. The molecule has 0 aliphatic carbocycles. The number of aliphatic hydroxyl groups excluding tert-OH is 1. The van der Waals surface area contributed by atoms with Gasteiger partial charge in [-0.15, -0.1) is 0 Å². The lowest BCUT2D eigenvalue weighted by Crippen LogP contribution is -2.56. The van der Waals surface area contributed by atoms with Crippen molar-refractivity contribution >= 4 is 17.5 Å². The monoisotopic (exact) mass is 371 g/mol. The molecule has 27 heavy (non-hydrogen) atoms. The molecule has 6 nitrogen and oxygen atoms in total. The van der Waals surface area contributed by atoms with E-state index in [2.05, 4.69) is 17.0 Å². The summed E-state index contributed by atoms with van der Waals surface area (Å²) >= 11 is 0. The van der Waals surface area contributed by atoms with Crippen LogP contribution in [0.15, 0.2) is 24.3 Å². The van der Waals surface area contributed by atoms with Gasteiger partial charge in [0, 0.05) is 38.8 Å². The Balaban J connectivity index is 1.35. The van der Waals surface area contributed by atoms with E-state index in [1.165, 1.54) is 5.56 Å². The molecule has 3 aliphatic heterocycles. The molecule has 3 saturated heterocycles. The lowest BCUT2D eigenvalue weighted by atomic mass is 9.71. The number of carbonyl (C=O) groups excluding carboxylic acids is 2. The highest BCUT2D eigenvalue weighted by Gasteiger charge is 2.47. The minimum Gasteiger partial charge on any atom is -0.391 e. The second kappa shape index (κ2) is 7.24. The Morgan fingerprint density at radius 3 is 2.44 bits per heavy atom. The van der Waals surface area contributed by atoms with Gasteiger partial charge in [0.15, 0.2) is 0 Å². The number of carbonyl (C=O) groups is 2. The molecule has 1 N–H and O–H groups in total. The Morgan fingerprint density at radius 2 is 1.81 bits per heavy atom. The highest BCUT2D eigenvalue weighted by atomic mass is 16.3. The smallest absolute Gasteiger partial charge is 0.228 e. The maximum atomic E-state index is 12.7. The number of rotatable bonds is 3. The standard InChI is InChI=1S/C21H29N3O3/c1-22-15-18(25)13-21(20(22)27)8-11-23(12-9-21)14-16-4-6-17(7-5-16)24-10-2-3-19(24)26/h4-7,18,25H,2-3,8-15H2,1H3. The molecule has 0 aromatic heterocycles. The number of benzene rings is 1.